The van der Waals surface area contributed by atoms with Gasteiger partial charge in [0.1, 0.15) is 5.69 Å². The molecule has 0 aliphatic carbocycles. The minimum atomic E-state index is -2.83. The first-order chi connectivity index (χ1) is 7.95. The van der Waals surface area contributed by atoms with E-state index in [1.165, 1.54) is 0 Å². The van der Waals surface area contributed by atoms with Crippen LogP contribution in [0.15, 0.2) is 10.9 Å². The molecule has 0 saturated carbocycles. The maximum Gasteiger partial charge on any atom is 0.310 e. The Hall–Kier alpha value is -1.92. The minimum absolute atomic E-state index is 0.0440. The molecule has 1 aromatic heterocycles. The van der Waals surface area contributed by atoms with Crippen LogP contribution in [0.4, 0.5) is 14.5 Å². The van der Waals surface area contributed by atoms with E-state index >= 15 is 0 Å². The van der Waals surface area contributed by atoms with Gasteiger partial charge in [-0.25, -0.2) is 8.78 Å². The van der Waals surface area contributed by atoms with Crippen molar-refractivity contribution in [2.75, 3.05) is 12.3 Å². The van der Waals surface area contributed by atoms with Crippen LogP contribution >= 0.6 is 0 Å². The third-order valence-electron chi connectivity index (χ3n) is 2.05. The number of nitrogens with one attached hydrogen (secondary N) is 1. The summed E-state index contributed by atoms with van der Waals surface area (Å²) < 4.78 is 29.5. The second-order valence-electron chi connectivity index (χ2n) is 3.28. The molecule has 17 heavy (non-hydrogen) atoms. The zero-order valence-electron chi connectivity index (χ0n) is 9.13. The van der Waals surface area contributed by atoms with Crippen molar-refractivity contribution in [2.24, 2.45) is 0 Å². The monoisotopic (exact) mass is 246 g/mol. The molecule has 0 spiro atoms. The number of carbonyl (C=O) groups excluding carboxylic acids is 1. The zero-order chi connectivity index (χ0) is 13.0. The van der Waals surface area contributed by atoms with Crippen molar-refractivity contribution >= 4 is 11.7 Å². The highest BCUT2D eigenvalue weighted by Gasteiger charge is 2.15. The van der Waals surface area contributed by atoms with Crippen LogP contribution in [-0.2, 0) is 16.0 Å². The Morgan fingerprint density at radius 2 is 2.24 bits per heavy atom. The molecule has 7 heteroatoms. The number of halogens is 2. The predicted molar refractivity (Wildman–Crippen MR) is 56.8 cm³/mol. The Kier molecular flexibility index (Phi) is 4.19. The first-order valence-electron chi connectivity index (χ1n) is 4.91. The summed E-state index contributed by atoms with van der Waals surface area (Å²) in [4.78, 5) is 24.4. The van der Waals surface area contributed by atoms with Gasteiger partial charge >= 0.3 is 5.97 Å². The lowest BCUT2D eigenvalue weighted by Crippen LogP contribution is -2.19. The van der Waals surface area contributed by atoms with E-state index in [1.54, 1.807) is 6.92 Å². The Labute approximate surface area is 95.6 Å². The molecular weight excluding hydrogens is 234 g/mol. The van der Waals surface area contributed by atoms with Crippen LogP contribution in [0.25, 0.3) is 0 Å². The average Bonchev–Trinajstić information content (AvgIpc) is 2.24. The molecule has 0 atom stereocenters. The number of hydrogen-bond acceptors (Lipinski definition) is 4. The number of ether oxygens (including phenoxy) is 1. The number of esters is 1. The van der Waals surface area contributed by atoms with Crippen LogP contribution in [0.1, 0.15) is 24.6 Å². The molecule has 0 radical (unpaired) electrons. The summed E-state index contributed by atoms with van der Waals surface area (Å²) >= 11 is 0. The summed E-state index contributed by atoms with van der Waals surface area (Å²) in [7, 11) is 0. The molecule has 0 fully saturated rings. The molecule has 1 heterocycles. The number of nitrogen functional groups attached to an aromatic ring is 1. The summed E-state index contributed by atoms with van der Waals surface area (Å²) in [5.41, 5.74) is 3.80. The quantitative estimate of drug-likeness (QED) is 0.776. The second kappa shape index (κ2) is 5.42. The van der Waals surface area contributed by atoms with E-state index < -0.39 is 23.6 Å². The van der Waals surface area contributed by atoms with Crippen LogP contribution in [0.5, 0.6) is 0 Å². The van der Waals surface area contributed by atoms with E-state index in [0.717, 1.165) is 6.07 Å². The number of pyridine rings is 1. The largest absolute Gasteiger partial charge is 0.466 e. The van der Waals surface area contributed by atoms with E-state index in [-0.39, 0.29) is 24.3 Å². The second-order valence-corrected chi connectivity index (χ2v) is 3.28. The fourth-order valence-electron chi connectivity index (χ4n) is 1.28. The van der Waals surface area contributed by atoms with Crippen molar-refractivity contribution in [2.45, 2.75) is 19.8 Å². The van der Waals surface area contributed by atoms with Gasteiger partial charge < -0.3 is 15.5 Å². The molecule has 0 aromatic carbocycles. The summed E-state index contributed by atoms with van der Waals surface area (Å²) in [6.45, 7) is 1.78. The van der Waals surface area contributed by atoms with E-state index in [0.29, 0.717) is 0 Å². The molecular formula is C10H12F2N2O3. The van der Waals surface area contributed by atoms with Gasteiger partial charge in [-0.2, -0.15) is 0 Å². The number of anilines is 1. The summed E-state index contributed by atoms with van der Waals surface area (Å²) in [6.07, 6.45) is -3.13. The van der Waals surface area contributed by atoms with Gasteiger partial charge in [0, 0.05) is 0 Å². The molecule has 3 N–H and O–H groups in total. The Morgan fingerprint density at radius 1 is 1.59 bits per heavy atom. The van der Waals surface area contributed by atoms with Crippen molar-refractivity contribution in [1.82, 2.24) is 4.98 Å². The minimum Gasteiger partial charge on any atom is -0.466 e. The number of aromatic amines is 1. The standard InChI is InChI=1S/C10H12F2N2O3/c1-2-17-7(15)4-5-3-6(9(11)12)14-10(16)8(5)13/h3,9H,2,4,13H2,1H3,(H,14,16). The van der Waals surface area contributed by atoms with Gasteiger partial charge in [0.2, 0.25) is 0 Å². The Balaban J connectivity index is 3.06. The number of rotatable bonds is 4. The lowest BCUT2D eigenvalue weighted by Gasteiger charge is -2.07. The Morgan fingerprint density at radius 3 is 2.76 bits per heavy atom. The van der Waals surface area contributed by atoms with Crippen LogP contribution in [0, 0.1) is 0 Å². The summed E-state index contributed by atoms with van der Waals surface area (Å²) in [5, 5.41) is 0. The number of nitrogens with two attached hydrogens (primary N) is 1. The van der Waals surface area contributed by atoms with Crippen LogP contribution in [0.3, 0.4) is 0 Å². The molecule has 94 valence electrons. The number of alkyl halides is 2. The van der Waals surface area contributed by atoms with Crippen molar-refractivity contribution < 1.29 is 18.3 Å². The molecule has 0 saturated heterocycles. The molecule has 0 amide bonds. The SMILES string of the molecule is CCOC(=O)Cc1cc(C(F)F)[nH]c(=O)c1N. The van der Waals surface area contributed by atoms with E-state index in [9.17, 15) is 18.4 Å². The molecule has 0 aliphatic rings. The van der Waals surface area contributed by atoms with Gasteiger partial charge in [0.15, 0.2) is 0 Å². The number of H-pyrrole nitrogens is 1. The van der Waals surface area contributed by atoms with Crippen molar-refractivity contribution in [3.8, 4) is 0 Å². The average molecular weight is 246 g/mol. The van der Waals surface area contributed by atoms with Gasteiger partial charge in [-0.1, -0.05) is 0 Å². The molecule has 1 rings (SSSR count). The van der Waals surface area contributed by atoms with Gasteiger partial charge in [0.05, 0.1) is 18.7 Å². The lowest BCUT2D eigenvalue weighted by molar-refractivity contribution is -0.142. The van der Waals surface area contributed by atoms with E-state index in [4.69, 9.17) is 5.73 Å². The topological polar surface area (TPSA) is 85.2 Å². The van der Waals surface area contributed by atoms with Crippen LogP contribution < -0.4 is 11.3 Å². The predicted octanol–water partition coefficient (Wildman–Crippen LogP) is 1.00. The van der Waals surface area contributed by atoms with Crippen LogP contribution in [-0.4, -0.2) is 17.6 Å². The summed E-state index contributed by atoms with van der Waals surface area (Å²) in [5.74, 6) is -0.620. The van der Waals surface area contributed by atoms with Gasteiger partial charge in [-0.05, 0) is 18.6 Å². The molecule has 0 unspecified atom stereocenters. The van der Waals surface area contributed by atoms with Gasteiger partial charge in [-0.15, -0.1) is 0 Å². The normalized spacial score (nSPS) is 10.6. The van der Waals surface area contributed by atoms with Crippen molar-refractivity contribution in [3.05, 3.63) is 27.7 Å². The number of carbonyl (C=O) groups is 1. The fourth-order valence-corrected chi connectivity index (χ4v) is 1.28. The van der Waals surface area contributed by atoms with Crippen molar-refractivity contribution in [1.29, 1.82) is 0 Å². The highest BCUT2D eigenvalue weighted by Crippen LogP contribution is 2.18. The Bertz CT molecular complexity index is 471. The molecule has 1 aromatic rings. The van der Waals surface area contributed by atoms with Crippen LogP contribution in [0.2, 0.25) is 0 Å². The highest BCUT2D eigenvalue weighted by molar-refractivity contribution is 5.74. The van der Waals surface area contributed by atoms with Crippen molar-refractivity contribution in [3.63, 3.8) is 0 Å². The highest BCUT2D eigenvalue weighted by atomic mass is 19.3. The lowest BCUT2D eigenvalue weighted by atomic mass is 10.1. The van der Waals surface area contributed by atoms with E-state index in [2.05, 4.69) is 4.74 Å². The fraction of sp³-hybridized carbons (Fsp3) is 0.400. The molecule has 5 nitrogen and oxygen atoms in total. The summed E-state index contributed by atoms with van der Waals surface area (Å²) in [6, 6.07) is 0.998. The number of aromatic nitrogens is 1. The van der Waals surface area contributed by atoms with Gasteiger partial charge in [0.25, 0.3) is 12.0 Å². The molecule has 0 aliphatic heterocycles. The smallest absolute Gasteiger partial charge is 0.310 e. The maximum absolute atomic E-state index is 12.4. The maximum atomic E-state index is 12.4. The zero-order valence-corrected chi connectivity index (χ0v) is 9.13. The third kappa shape index (κ3) is 3.27. The first-order valence-corrected chi connectivity index (χ1v) is 4.91. The van der Waals surface area contributed by atoms with E-state index in [1.807, 2.05) is 4.98 Å². The molecule has 0 bridgehead atoms. The third-order valence-corrected chi connectivity index (χ3v) is 2.05. The van der Waals surface area contributed by atoms with Gasteiger partial charge in [-0.3, -0.25) is 9.59 Å². The first kappa shape index (κ1) is 13.1. The number of hydrogen-bond donors (Lipinski definition) is 2.